The summed E-state index contributed by atoms with van der Waals surface area (Å²) in [5.41, 5.74) is 5.15. The summed E-state index contributed by atoms with van der Waals surface area (Å²) in [5.74, 6) is -0.386. The topological polar surface area (TPSA) is 70.1 Å². The van der Waals surface area contributed by atoms with Crippen molar-refractivity contribution in [3.05, 3.63) is 66.9 Å². The number of pyridine rings is 2. The first-order valence-electron chi connectivity index (χ1n) is 10.2. The fourth-order valence-corrected chi connectivity index (χ4v) is 3.22. The van der Waals surface area contributed by atoms with E-state index in [2.05, 4.69) is 10.1 Å². The van der Waals surface area contributed by atoms with Crippen molar-refractivity contribution < 1.29 is 19.1 Å². The van der Waals surface area contributed by atoms with Crippen LogP contribution in [0.1, 0.15) is 31.1 Å². The lowest BCUT2D eigenvalue weighted by Gasteiger charge is -2.08. The molecule has 0 spiro atoms. The molecular weight excluding hydrogens is 392 g/mol. The normalized spacial score (nSPS) is 10.4. The molecule has 0 aliphatic rings. The third kappa shape index (κ3) is 4.71. The Labute approximate surface area is 181 Å². The van der Waals surface area contributed by atoms with Gasteiger partial charge in [-0.1, -0.05) is 38.1 Å². The number of hydrogen-bond acceptors (Lipinski definition) is 5. The Hall–Kier alpha value is -3.74. The highest BCUT2D eigenvalue weighted by Gasteiger charge is 2.17. The third-order valence-corrected chi connectivity index (χ3v) is 4.67. The Balaban J connectivity index is 0.00000132. The molecule has 0 bridgehead atoms. The SMILES string of the molecule is CC.CCOC(=O)c1cnc2c[n+](OC)cc(-c3ccc(-c4cnn(C)c4)cc3)c2c1. The first-order chi connectivity index (χ1) is 15.1. The predicted octanol–water partition coefficient (Wildman–Crippen LogP) is 3.85. The van der Waals surface area contributed by atoms with Crippen LogP contribution in [-0.4, -0.2) is 34.5 Å². The number of carbonyl (C=O) groups is 1. The standard InChI is InChI=1S/C22H21N4O3.C2H6/c1-4-29-22(27)17-9-19-20(13-26(28-3)14-21(19)23-10-17)16-7-5-15(6-8-16)18-11-24-25(2)12-18;1-2/h5-14H,4H2,1-3H3;1-2H3/q+1;. The van der Waals surface area contributed by atoms with Gasteiger partial charge < -0.3 is 4.74 Å². The van der Waals surface area contributed by atoms with E-state index in [9.17, 15) is 4.79 Å². The number of fused-ring (bicyclic) bond motifs is 1. The Bertz CT molecular complexity index is 1180. The monoisotopic (exact) mass is 419 g/mol. The van der Waals surface area contributed by atoms with Gasteiger partial charge in [-0.05, 0) is 24.1 Å². The smallest absolute Gasteiger partial charge is 0.339 e. The summed E-state index contributed by atoms with van der Waals surface area (Å²) in [5, 5.41) is 5.07. The largest absolute Gasteiger partial charge is 0.462 e. The van der Waals surface area contributed by atoms with Gasteiger partial charge in [0.05, 0.1) is 23.9 Å². The summed E-state index contributed by atoms with van der Waals surface area (Å²) >= 11 is 0. The number of aromatic nitrogens is 4. The van der Waals surface area contributed by atoms with Crippen molar-refractivity contribution >= 4 is 16.9 Å². The molecule has 1 aromatic carbocycles. The van der Waals surface area contributed by atoms with Crippen LogP contribution in [-0.2, 0) is 11.8 Å². The Kier molecular flexibility index (Phi) is 6.97. The van der Waals surface area contributed by atoms with E-state index in [1.807, 2.05) is 69.8 Å². The molecule has 0 N–H and O–H groups in total. The van der Waals surface area contributed by atoms with Crippen molar-refractivity contribution in [3.63, 3.8) is 0 Å². The van der Waals surface area contributed by atoms with E-state index < -0.39 is 0 Å². The van der Waals surface area contributed by atoms with Gasteiger partial charge in [-0.25, -0.2) is 9.78 Å². The minimum absolute atomic E-state index is 0.317. The van der Waals surface area contributed by atoms with Crippen LogP contribution in [0.2, 0.25) is 0 Å². The van der Waals surface area contributed by atoms with Gasteiger partial charge in [0, 0.05) is 35.1 Å². The van der Waals surface area contributed by atoms with E-state index in [4.69, 9.17) is 9.57 Å². The summed E-state index contributed by atoms with van der Waals surface area (Å²) in [6.45, 7) is 6.10. The number of rotatable bonds is 5. The lowest BCUT2D eigenvalue weighted by Crippen LogP contribution is -2.39. The molecule has 0 saturated carbocycles. The maximum Gasteiger partial charge on any atom is 0.339 e. The van der Waals surface area contributed by atoms with Gasteiger partial charge in [-0.3, -0.25) is 9.52 Å². The van der Waals surface area contributed by atoms with Crippen molar-refractivity contribution in [3.8, 4) is 22.3 Å². The lowest BCUT2D eigenvalue weighted by atomic mass is 9.99. The molecular formula is C24H27N4O3+. The molecule has 31 heavy (non-hydrogen) atoms. The second-order valence-corrected chi connectivity index (χ2v) is 6.57. The number of benzene rings is 1. The van der Waals surface area contributed by atoms with E-state index in [-0.39, 0.29) is 5.97 Å². The van der Waals surface area contributed by atoms with Crippen molar-refractivity contribution in [2.45, 2.75) is 20.8 Å². The fourth-order valence-electron chi connectivity index (χ4n) is 3.22. The van der Waals surface area contributed by atoms with Crippen LogP contribution in [0.15, 0.2) is 61.3 Å². The zero-order valence-corrected chi connectivity index (χ0v) is 18.5. The average molecular weight is 420 g/mol. The van der Waals surface area contributed by atoms with Gasteiger partial charge in [0.25, 0.3) is 0 Å². The number of esters is 1. The van der Waals surface area contributed by atoms with Crippen LogP contribution in [0.5, 0.6) is 0 Å². The summed E-state index contributed by atoms with van der Waals surface area (Å²) in [7, 11) is 3.49. The molecule has 0 amide bonds. The lowest BCUT2D eigenvalue weighted by molar-refractivity contribution is -0.884. The van der Waals surface area contributed by atoms with Gasteiger partial charge in [-0.15, -0.1) is 0 Å². The predicted molar refractivity (Wildman–Crippen MR) is 119 cm³/mol. The highest BCUT2D eigenvalue weighted by atomic mass is 16.6. The van der Waals surface area contributed by atoms with E-state index in [1.54, 1.807) is 29.6 Å². The summed E-state index contributed by atoms with van der Waals surface area (Å²) < 4.78 is 8.49. The van der Waals surface area contributed by atoms with Crippen molar-refractivity contribution in [1.82, 2.24) is 14.8 Å². The molecule has 160 valence electrons. The third-order valence-electron chi connectivity index (χ3n) is 4.67. The maximum absolute atomic E-state index is 12.2. The molecule has 3 aromatic heterocycles. The molecule has 7 heteroatoms. The summed E-state index contributed by atoms with van der Waals surface area (Å²) in [6, 6.07) is 9.98. The Morgan fingerprint density at radius 1 is 1.06 bits per heavy atom. The minimum atomic E-state index is -0.386. The number of nitrogens with zero attached hydrogens (tertiary/aromatic N) is 4. The maximum atomic E-state index is 12.2. The summed E-state index contributed by atoms with van der Waals surface area (Å²) in [6.07, 6.45) is 8.98. The number of carbonyl (C=O) groups excluding carboxylic acids is 1. The highest BCUT2D eigenvalue weighted by Crippen LogP contribution is 2.29. The van der Waals surface area contributed by atoms with Gasteiger partial charge in [0.15, 0.2) is 0 Å². The van der Waals surface area contributed by atoms with E-state index in [1.165, 1.54) is 6.20 Å². The second kappa shape index (κ2) is 9.84. The quantitative estimate of drug-likeness (QED) is 0.363. The molecule has 0 saturated heterocycles. The first-order valence-corrected chi connectivity index (χ1v) is 10.2. The molecule has 0 aliphatic heterocycles. The van der Waals surface area contributed by atoms with Crippen molar-refractivity contribution in [2.75, 3.05) is 13.7 Å². The Morgan fingerprint density at radius 2 is 1.77 bits per heavy atom. The molecule has 0 unspecified atom stereocenters. The number of hydrogen-bond donors (Lipinski definition) is 0. The fraction of sp³-hybridized carbons (Fsp3) is 0.250. The van der Waals surface area contributed by atoms with E-state index in [0.717, 1.165) is 27.6 Å². The number of aryl methyl sites for hydroxylation is 1. The minimum Gasteiger partial charge on any atom is -0.462 e. The van der Waals surface area contributed by atoms with E-state index in [0.29, 0.717) is 17.7 Å². The molecule has 3 heterocycles. The first kappa shape index (κ1) is 22.0. The van der Waals surface area contributed by atoms with Gasteiger partial charge >= 0.3 is 5.97 Å². The van der Waals surface area contributed by atoms with Gasteiger partial charge in [0.2, 0.25) is 12.4 Å². The molecule has 0 atom stereocenters. The molecule has 0 radical (unpaired) electrons. The zero-order valence-electron chi connectivity index (χ0n) is 18.5. The molecule has 0 aliphatic carbocycles. The zero-order chi connectivity index (χ0) is 22.4. The van der Waals surface area contributed by atoms with Crippen LogP contribution < -0.4 is 9.57 Å². The van der Waals surface area contributed by atoms with Gasteiger partial charge in [0.1, 0.15) is 12.6 Å². The number of ether oxygens (including phenoxy) is 1. The average Bonchev–Trinajstić information content (AvgIpc) is 3.25. The molecule has 7 nitrogen and oxygen atoms in total. The second-order valence-electron chi connectivity index (χ2n) is 6.57. The van der Waals surface area contributed by atoms with Gasteiger partial charge in [-0.2, -0.15) is 5.10 Å². The van der Waals surface area contributed by atoms with Crippen LogP contribution in [0.4, 0.5) is 0 Å². The Morgan fingerprint density at radius 3 is 2.39 bits per heavy atom. The van der Waals surface area contributed by atoms with Crippen LogP contribution >= 0.6 is 0 Å². The summed E-state index contributed by atoms with van der Waals surface area (Å²) in [4.78, 5) is 22.0. The van der Waals surface area contributed by atoms with Crippen molar-refractivity contribution in [2.24, 2.45) is 7.05 Å². The molecule has 4 aromatic rings. The van der Waals surface area contributed by atoms with Crippen LogP contribution in [0, 0.1) is 0 Å². The molecule has 0 fully saturated rings. The van der Waals surface area contributed by atoms with Crippen LogP contribution in [0.25, 0.3) is 33.2 Å². The van der Waals surface area contributed by atoms with Crippen molar-refractivity contribution in [1.29, 1.82) is 0 Å². The van der Waals surface area contributed by atoms with Crippen LogP contribution in [0.3, 0.4) is 0 Å². The molecule has 4 rings (SSSR count). The van der Waals surface area contributed by atoms with E-state index >= 15 is 0 Å². The highest BCUT2D eigenvalue weighted by molar-refractivity contribution is 5.99.